The van der Waals surface area contributed by atoms with E-state index in [0.29, 0.717) is 36.0 Å². The second-order valence-corrected chi connectivity index (χ2v) is 6.81. The van der Waals surface area contributed by atoms with Gasteiger partial charge < -0.3 is 25.5 Å². The van der Waals surface area contributed by atoms with E-state index in [1.54, 1.807) is 19.2 Å². The highest BCUT2D eigenvalue weighted by atomic mass is 16.5. The van der Waals surface area contributed by atoms with Crippen LogP contribution in [-0.2, 0) is 13.0 Å². The number of rotatable bonds is 7. The van der Waals surface area contributed by atoms with Gasteiger partial charge in [-0.1, -0.05) is 29.4 Å². The van der Waals surface area contributed by atoms with Gasteiger partial charge in [-0.25, -0.2) is 4.98 Å². The van der Waals surface area contributed by atoms with Gasteiger partial charge in [0.25, 0.3) is 0 Å². The first-order valence-corrected chi connectivity index (χ1v) is 9.43. The van der Waals surface area contributed by atoms with E-state index in [1.165, 1.54) is 0 Å². The number of ether oxygens (including phenoxy) is 2. The number of hydrogen-bond donors (Lipinski definition) is 2. The van der Waals surface area contributed by atoms with Crippen molar-refractivity contribution in [3.63, 3.8) is 0 Å². The maximum Gasteiger partial charge on any atom is 0.170 e. The number of hydrogen-bond acceptors (Lipinski definition) is 7. The smallest absolute Gasteiger partial charge is 0.170 e. The summed E-state index contributed by atoms with van der Waals surface area (Å²) in [6.45, 7) is 0.472. The number of nitrogens with zero attached hydrogens (tertiary/aromatic N) is 2. The van der Waals surface area contributed by atoms with Gasteiger partial charge >= 0.3 is 0 Å². The van der Waals surface area contributed by atoms with Gasteiger partial charge in [-0.05, 0) is 47.5 Å². The second kappa shape index (κ2) is 8.57. The predicted molar refractivity (Wildman–Crippen MR) is 115 cm³/mol. The molecule has 30 heavy (non-hydrogen) atoms. The highest BCUT2D eigenvalue weighted by Crippen LogP contribution is 2.27. The minimum absolute atomic E-state index is 0.315. The molecular formula is C23H22N4O3. The minimum atomic E-state index is 0.315. The molecule has 0 spiro atoms. The second-order valence-electron chi connectivity index (χ2n) is 6.81. The van der Waals surface area contributed by atoms with Crippen molar-refractivity contribution in [3.8, 4) is 22.8 Å². The summed E-state index contributed by atoms with van der Waals surface area (Å²) in [6.07, 6.45) is 0.627. The van der Waals surface area contributed by atoms with Crippen LogP contribution in [0.1, 0.15) is 16.8 Å². The van der Waals surface area contributed by atoms with Gasteiger partial charge in [-0.2, -0.15) is 0 Å². The molecule has 0 aliphatic carbocycles. The summed E-state index contributed by atoms with van der Waals surface area (Å²) in [5.41, 5.74) is 15.2. The highest BCUT2D eigenvalue weighted by molar-refractivity contribution is 5.71. The molecule has 2 aromatic heterocycles. The molecule has 4 N–H and O–H groups in total. The number of nitrogen functional groups attached to an aromatic ring is 2. The van der Waals surface area contributed by atoms with Crippen LogP contribution < -0.4 is 20.9 Å². The predicted octanol–water partition coefficient (Wildman–Crippen LogP) is 4.08. The number of methoxy groups -OCH3 is 1. The summed E-state index contributed by atoms with van der Waals surface area (Å²) in [7, 11) is 1.65. The molecule has 0 atom stereocenters. The van der Waals surface area contributed by atoms with Gasteiger partial charge in [-0.3, -0.25) is 0 Å². The number of benzene rings is 2. The lowest BCUT2D eigenvalue weighted by molar-refractivity contribution is 0.305. The van der Waals surface area contributed by atoms with Crippen LogP contribution in [0.4, 0.5) is 11.6 Å². The van der Waals surface area contributed by atoms with Gasteiger partial charge in [0.1, 0.15) is 29.7 Å². The standard InChI is InChI=1S/C23H22N4O3/c1-28-19-4-2-3-16(12-19)14-29-18-7-5-15(6-8-18)11-17-13-21(30-27-17)20-9-10-22(24)26-23(20)25/h2-10,12-13H,11,14H2,1H3,(H4,24,25,26). The zero-order valence-electron chi connectivity index (χ0n) is 16.5. The van der Waals surface area contributed by atoms with Crippen molar-refractivity contribution in [2.45, 2.75) is 13.0 Å². The van der Waals surface area contributed by atoms with E-state index in [9.17, 15) is 0 Å². The van der Waals surface area contributed by atoms with Crippen LogP contribution in [0.15, 0.2) is 71.3 Å². The Balaban J connectivity index is 1.38. The van der Waals surface area contributed by atoms with Gasteiger partial charge in [0.15, 0.2) is 5.76 Å². The number of anilines is 2. The zero-order valence-corrected chi connectivity index (χ0v) is 16.5. The molecule has 2 heterocycles. The van der Waals surface area contributed by atoms with Crippen LogP contribution >= 0.6 is 0 Å². The van der Waals surface area contributed by atoms with E-state index in [1.807, 2.05) is 54.6 Å². The molecule has 7 heteroatoms. The average Bonchev–Trinajstić information content (AvgIpc) is 3.21. The monoisotopic (exact) mass is 402 g/mol. The first-order chi connectivity index (χ1) is 14.6. The van der Waals surface area contributed by atoms with Crippen molar-refractivity contribution in [1.82, 2.24) is 10.1 Å². The number of aromatic nitrogens is 2. The fourth-order valence-corrected chi connectivity index (χ4v) is 3.06. The zero-order chi connectivity index (χ0) is 20.9. The van der Waals surface area contributed by atoms with Crippen LogP contribution in [-0.4, -0.2) is 17.3 Å². The molecule has 152 valence electrons. The van der Waals surface area contributed by atoms with Crippen LogP contribution in [0.25, 0.3) is 11.3 Å². The molecule has 0 fully saturated rings. The third kappa shape index (κ3) is 4.52. The van der Waals surface area contributed by atoms with E-state index >= 15 is 0 Å². The van der Waals surface area contributed by atoms with Crippen molar-refractivity contribution < 1.29 is 14.0 Å². The van der Waals surface area contributed by atoms with Crippen LogP contribution in [0.5, 0.6) is 11.5 Å². The minimum Gasteiger partial charge on any atom is -0.497 e. The Labute approximate surface area is 174 Å². The molecule has 0 amide bonds. The van der Waals surface area contributed by atoms with Crippen molar-refractivity contribution in [1.29, 1.82) is 0 Å². The van der Waals surface area contributed by atoms with Gasteiger partial charge in [0.2, 0.25) is 0 Å². The third-order valence-corrected chi connectivity index (χ3v) is 4.62. The Hall–Kier alpha value is -4.00. The fourth-order valence-electron chi connectivity index (χ4n) is 3.06. The van der Waals surface area contributed by atoms with E-state index < -0.39 is 0 Å². The maximum absolute atomic E-state index is 5.92. The highest BCUT2D eigenvalue weighted by Gasteiger charge is 2.11. The summed E-state index contributed by atoms with van der Waals surface area (Å²) < 4.78 is 16.5. The molecule has 4 aromatic rings. The summed E-state index contributed by atoms with van der Waals surface area (Å²) >= 11 is 0. The molecule has 0 radical (unpaired) electrons. The SMILES string of the molecule is COc1cccc(COc2ccc(Cc3cc(-c4ccc(N)nc4N)on3)cc2)c1. The first-order valence-electron chi connectivity index (χ1n) is 9.43. The van der Waals surface area contributed by atoms with Crippen LogP contribution in [0.3, 0.4) is 0 Å². The molecule has 0 aliphatic rings. The Morgan fingerprint density at radius 3 is 2.50 bits per heavy atom. The molecule has 2 aromatic carbocycles. The van der Waals surface area contributed by atoms with E-state index in [0.717, 1.165) is 28.3 Å². The molecular weight excluding hydrogens is 380 g/mol. The largest absolute Gasteiger partial charge is 0.497 e. The fraction of sp³-hybridized carbons (Fsp3) is 0.130. The average molecular weight is 402 g/mol. The molecule has 0 bridgehead atoms. The van der Waals surface area contributed by atoms with Gasteiger partial charge in [0.05, 0.1) is 18.4 Å². The Morgan fingerprint density at radius 1 is 0.900 bits per heavy atom. The van der Waals surface area contributed by atoms with E-state index in [4.69, 9.17) is 25.5 Å². The maximum atomic E-state index is 5.92. The molecule has 4 rings (SSSR count). The van der Waals surface area contributed by atoms with Crippen molar-refractivity contribution in [2.75, 3.05) is 18.6 Å². The van der Waals surface area contributed by atoms with Crippen LogP contribution in [0.2, 0.25) is 0 Å². The Bertz CT molecular complexity index is 1140. The van der Waals surface area contributed by atoms with Crippen molar-refractivity contribution in [3.05, 3.63) is 83.6 Å². The van der Waals surface area contributed by atoms with E-state index in [-0.39, 0.29) is 0 Å². The normalized spacial score (nSPS) is 10.7. The summed E-state index contributed by atoms with van der Waals surface area (Å²) in [5, 5.41) is 4.13. The lowest BCUT2D eigenvalue weighted by Crippen LogP contribution is -1.97. The topological polar surface area (TPSA) is 109 Å². The number of pyridine rings is 1. The molecule has 7 nitrogen and oxygen atoms in total. The van der Waals surface area contributed by atoms with Crippen molar-refractivity contribution in [2.24, 2.45) is 0 Å². The lowest BCUT2D eigenvalue weighted by Gasteiger charge is -2.08. The Kier molecular flexibility index (Phi) is 5.52. The van der Waals surface area contributed by atoms with Crippen molar-refractivity contribution >= 4 is 11.6 Å². The summed E-state index contributed by atoms with van der Waals surface area (Å²) in [4.78, 5) is 4.05. The lowest BCUT2D eigenvalue weighted by atomic mass is 10.1. The Morgan fingerprint density at radius 2 is 1.73 bits per heavy atom. The van der Waals surface area contributed by atoms with Gasteiger partial charge in [0, 0.05) is 12.5 Å². The molecule has 0 saturated heterocycles. The third-order valence-electron chi connectivity index (χ3n) is 4.62. The van der Waals surface area contributed by atoms with Gasteiger partial charge in [-0.15, -0.1) is 0 Å². The molecule has 0 saturated carbocycles. The molecule has 0 aliphatic heterocycles. The molecule has 0 unspecified atom stereocenters. The quantitative estimate of drug-likeness (QED) is 0.479. The first kappa shape index (κ1) is 19.3. The number of nitrogens with two attached hydrogens (primary N) is 2. The van der Waals surface area contributed by atoms with E-state index in [2.05, 4.69) is 10.1 Å². The summed E-state index contributed by atoms with van der Waals surface area (Å²) in [5.74, 6) is 2.85. The van der Waals surface area contributed by atoms with Crippen LogP contribution in [0, 0.1) is 0 Å². The summed E-state index contributed by atoms with van der Waals surface area (Å²) in [6, 6.07) is 21.0.